The van der Waals surface area contributed by atoms with Crippen molar-refractivity contribution in [3.63, 3.8) is 0 Å². The van der Waals surface area contributed by atoms with Crippen LogP contribution in [0.5, 0.6) is 0 Å². The third-order valence-electron chi connectivity index (χ3n) is 2.37. The van der Waals surface area contributed by atoms with Crippen LogP contribution in [0.3, 0.4) is 0 Å². The lowest BCUT2D eigenvalue weighted by Crippen LogP contribution is -2.07. The molecule has 0 aliphatic carbocycles. The van der Waals surface area contributed by atoms with Crippen molar-refractivity contribution in [1.82, 2.24) is 0 Å². The molecule has 0 atom stereocenters. The Balaban J connectivity index is 2.75. The van der Waals surface area contributed by atoms with Gasteiger partial charge in [-0.15, -0.1) is 0 Å². The highest BCUT2D eigenvalue weighted by Crippen LogP contribution is 2.25. The Morgan fingerprint density at radius 1 is 0.765 bits per heavy atom. The zero-order chi connectivity index (χ0) is 12.3. The first-order valence-corrected chi connectivity index (χ1v) is 7.29. The van der Waals surface area contributed by atoms with E-state index >= 15 is 0 Å². The van der Waals surface area contributed by atoms with Crippen LogP contribution in [0.25, 0.3) is 0 Å². The molecule has 0 aromatic heterocycles. The molecule has 2 aromatic carbocycles. The maximum absolute atomic E-state index is 13.0. The summed E-state index contributed by atoms with van der Waals surface area (Å²) >= 11 is 11.7. The van der Waals surface area contributed by atoms with E-state index in [1.54, 1.807) is 24.3 Å². The fraction of sp³-hybridized carbons (Fsp3) is 0. The molecule has 0 aliphatic rings. The number of hydrogen-bond donors (Lipinski definition) is 0. The van der Waals surface area contributed by atoms with Crippen molar-refractivity contribution in [2.45, 2.75) is 9.79 Å². The molecule has 0 aliphatic heterocycles. The van der Waals surface area contributed by atoms with E-state index in [2.05, 4.69) is 0 Å². The summed E-state index contributed by atoms with van der Waals surface area (Å²) in [5.41, 5.74) is 0. The van der Waals surface area contributed by atoms with E-state index in [-0.39, 0.29) is 3.78 Å². The van der Waals surface area contributed by atoms with Crippen LogP contribution in [0.2, 0.25) is 0 Å². The topological polar surface area (TPSA) is 17.1 Å². The van der Waals surface area contributed by atoms with E-state index in [1.165, 1.54) is 0 Å². The predicted molar refractivity (Wildman–Crippen MR) is 74.3 cm³/mol. The molecule has 0 N–H and O–H groups in total. The molecule has 0 saturated heterocycles. The summed E-state index contributed by atoms with van der Waals surface area (Å²) in [5, 5.41) is 0. The van der Waals surface area contributed by atoms with E-state index in [9.17, 15) is 4.21 Å². The zero-order valence-electron chi connectivity index (χ0n) is 8.85. The molecule has 2 aromatic rings. The lowest BCUT2D eigenvalue weighted by atomic mass is 10.4. The highest BCUT2D eigenvalue weighted by molar-refractivity contribution is 8.06. The van der Waals surface area contributed by atoms with Crippen LogP contribution in [0, 0.1) is 0 Å². The van der Waals surface area contributed by atoms with Gasteiger partial charge in [-0.25, -0.2) is 0 Å². The fourth-order valence-corrected chi connectivity index (χ4v) is 4.32. The summed E-state index contributed by atoms with van der Waals surface area (Å²) in [6.45, 7) is 0. The van der Waals surface area contributed by atoms with Gasteiger partial charge in [0.15, 0.2) is 3.78 Å². The van der Waals surface area contributed by atoms with E-state index in [0.717, 1.165) is 0 Å². The van der Waals surface area contributed by atoms with Gasteiger partial charge < -0.3 is 0 Å². The molecule has 0 heterocycles. The highest BCUT2D eigenvalue weighted by atomic mass is 35.5. The summed E-state index contributed by atoms with van der Waals surface area (Å²) in [7, 11) is -2.72. The van der Waals surface area contributed by atoms with Crippen molar-refractivity contribution in [3.05, 3.63) is 60.7 Å². The molecule has 88 valence electrons. The van der Waals surface area contributed by atoms with Gasteiger partial charge in [-0.05, 0) is 24.3 Å². The average Bonchev–Trinajstić information content (AvgIpc) is 2.39. The Morgan fingerprint density at radius 2 is 1.12 bits per heavy atom. The van der Waals surface area contributed by atoms with Crippen LogP contribution < -0.4 is 0 Å². The van der Waals surface area contributed by atoms with Gasteiger partial charge in [-0.2, -0.15) is 0 Å². The van der Waals surface area contributed by atoms with Crippen molar-refractivity contribution < 1.29 is 4.21 Å². The Bertz CT molecular complexity index is 565. The molecule has 1 nitrogen and oxygen atoms in total. The Hall–Kier alpha value is -0.960. The molecule has 2 rings (SSSR count). The van der Waals surface area contributed by atoms with Gasteiger partial charge >= 0.3 is 0 Å². The molecule has 0 radical (unpaired) electrons. The standard InChI is InChI=1S/C13H10Cl2OS/c14-13(15)17(16,11-7-3-1-4-8-11)12-9-5-2-6-10-12/h1-10H. The molecular formula is C13H10Cl2OS. The largest absolute Gasteiger partial charge is 0.255 e. The maximum Gasteiger partial charge on any atom is 0.167 e. The van der Waals surface area contributed by atoms with Gasteiger partial charge in [0.2, 0.25) is 0 Å². The summed E-state index contributed by atoms with van der Waals surface area (Å²) in [4.78, 5) is 1.23. The Kier molecular flexibility index (Phi) is 3.77. The van der Waals surface area contributed by atoms with Gasteiger partial charge in [-0.1, -0.05) is 59.6 Å². The monoisotopic (exact) mass is 284 g/mol. The number of rotatable bonds is 2. The molecule has 0 amide bonds. The van der Waals surface area contributed by atoms with Gasteiger partial charge in [0.05, 0.1) is 9.52 Å². The average molecular weight is 285 g/mol. The van der Waals surface area contributed by atoms with E-state index in [4.69, 9.17) is 23.2 Å². The SMILES string of the molecule is O=S(=C(Cl)Cl)(c1ccccc1)c1ccccc1. The second-order valence-corrected chi connectivity index (χ2v) is 7.27. The van der Waals surface area contributed by atoms with Crippen molar-refractivity contribution >= 4 is 36.5 Å². The highest BCUT2D eigenvalue weighted by Gasteiger charge is 2.17. The lowest BCUT2D eigenvalue weighted by molar-refractivity contribution is 0.681. The minimum Gasteiger partial charge on any atom is -0.255 e. The fourth-order valence-electron chi connectivity index (χ4n) is 1.54. The molecular weight excluding hydrogens is 275 g/mol. The molecule has 0 saturated carbocycles. The molecule has 17 heavy (non-hydrogen) atoms. The van der Waals surface area contributed by atoms with Gasteiger partial charge in [0, 0.05) is 9.79 Å². The third-order valence-corrected chi connectivity index (χ3v) is 5.98. The predicted octanol–water partition coefficient (Wildman–Crippen LogP) is 3.95. The van der Waals surface area contributed by atoms with Gasteiger partial charge in [0.25, 0.3) is 0 Å². The first-order chi connectivity index (χ1) is 8.15. The number of hydrogen-bond acceptors (Lipinski definition) is 1. The maximum atomic E-state index is 13.0. The van der Waals surface area contributed by atoms with Crippen molar-refractivity contribution in [2.24, 2.45) is 0 Å². The first kappa shape index (κ1) is 12.5. The zero-order valence-corrected chi connectivity index (χ0v) is 11.2. The normalized spacial score (nSPS) is 11.2. The minimum absolute atomic E-state index is 0.116. The van der Waals surface area contributed by atoms with Gasteiger partial charge in [-0.3, -0.25) is 4.21 Å². The second-order valence-electron chi connectivity index (χ2n) is 3.41. The van der Waals surface area contributed by atoms with Crippen molar-refractivity contribution in [3.8, 4) is 0 Å². The van der Waals surface area contributed by atoms with Crippen LogP contribution in [0.15, 0.2) is 70.5 Å². The summed E-state index contributed by atoms with van der Waals surface area (Å²) in [6, 6.07) is 18.0. The summed E-state index contributed by atoms with van der Waals surface area (Å²) in [5.74, 6) is 0. The minimum atomic E-state index is -2.72. The number of halogens is 2. The molecule has 4 heteroatoms. The van der Waals surface area contributed by atoms with Crippen molar-refractivity contribution in [1.29, 1.82) is 0 Å². The first-order valence-electron chi connectivity index (χ1n) is 4.98. The number of benzene rings is 2. The van der Waals surface area contributed by atoms with Crippen LogP contribution in [-0.2, 0) is 9.52 Å². The van der Waals surface area contributed by atoms with Crippen LogP contribution in [0.4, 0.5) is 0 Å². The van der Waals surface area contributed by atoms with E-state index in [1.807, 2.05) is 36.4 Å². The van der Waals surface area contributed by atoms with Gasteiger partial charge in [0.1, 0.15) is 0 Å². The smallest absolute Gasteiger partial charge is 0.167 e. The summed E-state index contributed by atoms with van der Waals surface area (Å²) < 4.78 is 12.9. The summed E-state index contributed by atoms with van der Waals surface area (Å²) in [6.07, 6.45) is 0. The molecule has 0 bridgehead atoms. The quantitative estimate of drug-likeness (QED) is 0.603. The Labute approximate surface area is 111 Å². The van der Waals surface area contributed by atoms with Crippen LogP contribution in [0.1, 0.15) is 0 Å². The van der Waals surface area contributed by atoms with Crippen LogP contribution >= 0.6 is 23.2 Å². The van der Waals surface area contributed by atoms with E-state index in [0.29, 0.717) is 9.79 Å². The third kappa shape index (κ3) is 2.34. The Morgan fingerprint density at radius 3 is 1.41 bits per heavy atom. The van der Waals surface area contributed by atoms with Crippen LogP contribution in [-0.4, -0.2) is 7.99 Å². The molecule has 0 unspecified atom stereocenters. The van der Waals surface area contributed by atoms with Crippen molar-refractivity contribution in [2.75, 3.05) is 0 Å². The van der Waals surface area contributed by atoms with E-state index < -0.39 is 9.52 Å². The molecule has 0 spiro atoms. The molecule has 0 fully saturated rings. The second kappa shape index (κ2) is 5.13. The lowest BCUT2D eigenvalue weighted by Gasteiger charge is -2.11.